The zero-order valence-corrected chi connectivity index (χ0v) is 10.9. The van der Waals surface area contributed by atoms with Crippen molar-refractivity contribution < 1.29 is 13.6 Å². The van der Waals surface area contributed by atoms with Crippen molar-refractivity contribution in [2.24, 2.45) is 5.73 Å². The number of aromatic amines is 1. The van der Waals surface area contributed by atoms with Crippen LogP contribution in [-0.2, 0) is 11.2 Å². The first-order chi connectivity index (χ1) is 9.47. The van der Waals surface area contributed by atoms with Crippen molar-refractivity contribution in [3.8, 4) is 0 Å². The molecule has 4 N–H and O–H groups in total. The minimum Gasteiger partial charge on any atom is -0.389 e. The quantitative estimate of drug-likeness (QED) is 0.747. The molecule has 1 aromatic carbocycles. The Morgan fingerprint density at radius 1 is 1.45 bits per heavy atom. The average Bonchev–Trinajstić information content (AvgIpc) is 2.81. The first kappa shape index (κ1) is 14.1. The molecule has 5 nitrogen and oxygen atoms in total. The van der Waals surface area contributed by atoms with Crippen LogP contribution < -0.4 is 11.1 Å². The smallest absolute Gasteiger partial charge is 0.230 e. The van der Waals surface area contributed by atoms with Crippen LogP contribution >= 0.6 is 12.2 Å². The van der Waals surface area contributed by atoms with Crippen LogP contribution in [0.2, 0.25) is 0 Å². The summed E-state index contributed by atoms with van der Waals surface area (Å²) in [6.07, 6.45) is 1.12. The van der Waals surface area contributed by atoms with Gasteiger partial charge < -0.3 is 11.1 Å². The zero-order chi connectivity index (χ0) is 14.7. The Kier molecular flexibility index (Phi) is 4.04. The van der Waals surface area contributed by atoms with Gasteiger partial charge in [-0.15, -0.1) is 0 Å². The van der Waals surface area contributed by atoms with Crippen LogP contribution in [0.15, 0.2) is 24.4 Å². The SMILES string of the molecule is NC(=S)c1cn[nH]c1NC(=O)Cc1ccc(F)cc1F. The van der Waals surface area contributed by atoms with Crippen molar-refractivity contribution >= 4 is 28.9 Å². The van der Waals surface area contributed by atoms with Gasteiger partial charge in [0.2, 0.25) is 5.91 Å². The molecule has 0 aliphatic heterocycles. The topological polar surface area (TPSA) is 83.8 Å². The van der Waals surface area contributed by atoms with Gasteiger partial charge in [-0.3, -0.25) is 9.89 Å². The lowest BCUT2D eigenvalue weighted by molar-refractivity contribution is -0.115. The van der Waals surface area contributed by atoms with E-state index in [0.29, 0.717) is 5.56 Å². The third-order valence-electron chi connectivity index (χ3n) is 2.54. The number of thiocarbonyl (C=S) groups is 1. The first-order valence-electron chi connectivity index (χ1n) is 5.54. The number of H-pyrrole nitrogens is 1. The van der Waals surface area contributed by atoms with E-state index < -0.39 is 17.5 Å². The van der Waals surface area contributed by atoms with E-state index in [0.717, 1.165) is 12.1 Å². The number of amides is 1. The number of benzene rings is 1. The second kappa shape index (κ2) is 5.74. The number of carbonyl (C=O) groups is 1. The summed E-state index contributed by atoms with van der Waals surface area (Å²) in [7, 11) is 0. The van der Waals surface area contributed by atoms with Gasteiger partial charge in [-0.05, 0) is 11.6 Å². The molecule has 8 heteroatoms. The van der Waals surface area contributed by atoms with Gasteiger partial charge in [-0.1, -0.05) is 18.3 Å². The summed E-state index contributed by atoms with van der Waals surface area (Å²) < 4.78 is 26.2. The van der Waals surface area contributed by atoms with Gasteiger partial charge in [0.1, 0.15) is 22.4 Å². The van der Waals surface area contributed by atoms with Gasteiger partial charge in [0.05, 0.1) is 18.2 Å². The third-order valence-corrected chi connectivity index (χ3v) is 2.76. The Labute approximate surface area is 118 Å². The summed E-state index contributed by atoms with van der Waals surface area (Å²) >= 11 is 4.79. The average molecular weight is 296 g/mol. The van der Waals surface area contributed by atoms with Crippen molar-refractivity contribution in [3.63, 3.8) is 0 Å². The molecule has 0 fully saturated rings. The number of carbonyl (C=O) groups excluding carboxylic acids is 1. The van der Waals surface area contributed by atoms with E-state index in [1.165, 1.54) is 12.3 Å². The number of aromatic nitrogens is 2. The Hall–Kier alpha value is -2.35. The van der Waals surface area contributed by atoms with Crippen molar-refractivity contribution in [1.82, 2.24) is 10.2 Å². The van der Waals surface area contributed by atoms with Crippen LogP contribution in [0, 0.1) is 11.6 Å². The van der Waals surface area contributed by atoms with E-state index in [1.807, 2.05) is 0 Å². The highest BCUT2D eigenvalue weighted by atomic mass is 32.1. The van der Waals surface area contributed by atoms with Crippen molar-refractivity contribution in [2.45, 2.75) is 6.42 Å². The summed E-state index contributed by atoms with van der Waals surface area (Å²) in [5.74, 6) is -1.74. The molecular weight excluding hydrogens is 286 g/mol. The van der Waals surface area contributed by atoms with E-state index >= 15 is 0 Å². The summed E-state index contributed by atoms with van der Waals surface area (Å²) in [5.41, 5.74) is 5.91. The van der Waals surface area contributed by atoms with Gasteiger partial charge in [-0.25, -0.2) is 8.78 Å². The number of nitrogens with zero attached hydrogens (tertiary/aromatic N) is 1. The summed E-state index contributed by atoms with van der Waals surface area (Å²) in [6, 6.07) is 3.02. The number of hydrogen-bond donors (Lipinski definition) is 3. The maximum absolute atomic E-state index is 13.4. The number of nitrogens with one attached hydrogen (secondary N) is 2. The molecule has 2 aromatic rings. The van der Waals surface area contributed by atoms with Crippen LogP contribution in [0.5, 0.6) is 0 Å². The predicted molar refractivity (Wildman–Crippen MR) is 73.2 cm³/mol. The minimum absolute atomic E-state index is 0.0713. The fourth-order valence-corrected chi connectivity index (χ4v) is 1.74. The molecule has 104 valence electrons. The van der Waals surface area contributed by atoms with E-state index in [1.54, 1.807) is 0 Å². The van der Waals surface area contributed by atoms with E-state index in [9.17, 15) is 13.6 Å². The molecule has 0 bridgehead atoms. The van der Waals surface area contributed by atoms with Crippen LogP contribution in [0.4, 0.5) is 14.6 Å². The fraction of sp³-hybridized carbons (Fsp3) is 0.0833. The maximum atomic E-state index is 13.4. The lowest BCUT2D eigenvalue weighted by Crippen LogP contribution is -2.19. The van der Waals surface area contributed by atoms with Crippen LogP contribution in [-0.4, -0.2) is 21.1 Å². The lowest BCUT2D eigenvalue weighted by atomic mass is 10.1. The molecule has 1 aromatic heterocycles. The largest absolute Gasteiger partial charge is 0.389 e. The zero-order valence-electron chi connectivity index (χ0n) is 10.1. The van der Waals surface area contributed by atoms with E-state index in [4.69, 9.17) is 18.0 Å². The predicted octanol–water partition coefficient (Wildman–Crippen LogP) is 1.50. The standard InChI is InChI=1S/C12H10F2N4OS/c13-7-2-1-6(9(14)4-7)3-10(19)17-12-8(11(15)20)5-16-18-12/h1-2,4-5H,3H2,(H2,15,20)(H2,16,17,18,19). The molecule has 20 heavy (non-hydrogen) atoms. The van der Waals surface area contributed by atoms with Crippen LogP contribution in [0.1, 0.15) is 11.1 Å². The molecule has 2 rings (SSSR count). The number of nitrogens with two attached hydrogens (primary N) is 1. The minimum atomic E-state index is -0.778. The van der Waals surface area contributed by atoms with Crippen LogP contribution in [0.3, 0.4) is 0 Å². The number of anilines is 1. The Bertz CT molecular complexity index is 671. The molecule has 0 aliphatic rings. The third kappa shape index (κ3) is 3.15. The highest BCUT2D eigenvalue weighted by molar-refractivity contribution is 7.80. The van der Waals surface area contributed by atoms with Gasteiger partial charge in [0.15, 0.2) is 0 Å². The molecule has 0 unspecified atom stereocenters. The first-order valence-corrected chi connectivity index (χ1v) is 5.95. The van der Waals surface area contributed by atoms with E-state index in [2.05, 4.69) is 15.5 Å². The monoisotopic (exact) mass is 296 g/mol. The normalized spacial score (nSPS) is 10.3. The number of hydrogen-bond acceptors (Lipinski definition) is 3. The number of rotatable bonds is 4. The molecule has 1 amide bonds. The molecule has 0 saturated heterocycles. The summed E-state index contributed by atoms with van der Waals surface area (Å²) in [5, 5.41) is 8.70. The van der Waals surface area contributed by atoms with Crippen molar-refractivity contribution in [1.29, 1.82) is 0 Å². The Balaban J connectivity index is 2.09. The maximum Gasteiger partial charge on any atom is 0.230 e. The molecule has 1 heterocycles. The molecule has 0 radical (unpaired) electrons. The summed E-state index contributed by atoms with van der Waals surface area (Å²) in [4.78, 5) is 11.9. The molecule has 0 aliphatic carbocycles. The second-order valence-corrected chi connectivity index (χ2v) is 4.42. The summed E-state index contributed by atoms with van der Waals surface area (Å²) in [6.45, 7) is 0. The van der Waals surface area contributed by atoms with Gasteiger partial charge >= 0.3 is 0 Å². The van der Waals surface area contributed by atoms with Gasteiger partial charge in [-0.2, -0.15) is 5.10 Å². The van der Waals surface area contributed by atoms with Crippen molar-refractivity contribution in [2.75, 3.05) is 5.32 Å². The number of halogens is 2. The Morgan fingerprint density at radius 3 is 2.85 bits per heavy atom. The van der Waals surface area contributed by atoms with E-state index in [-0.39, 0.29) is 22.8 Å². The van der Waals surface area contributed by atoms with Gasteiger partial charge in [0, 0.05) is 6.07 Å². The second-order valence-electron chi connectivity index (χ2n) is 3.98. The highest BCUT2D eigenvalue weighted by Gasteiger charge is 2.13. The molecule has 0 saturated carbocycles. The highest BCUT2D eigenvalue weighted by Crippen LogP contribution is 2.13. The van der Waals surface area contributed by atoms with Gasteiger partial charge in [0.25, 0.3) is 0 Å². The van der Waals surface area contributed by atoms with Crippen molar-refractivity contribution in [3.05, 3.63) is 47.2 Å². The molecular formula is C12H10F2N4OS. The molecule has 0 spiro atoms. The lowest BCUT2D eigenvalue weighted by Gasteiger charge is -2.06. The molecule has 0 atom stereocenters. The Morgan fingerprint density at radius 2 is 2.20 bits per heavy atom. The fourth-order valence-electron chi connectivity index (χ4n) is 1.59. The van der Waals surface area contributed by atoms with Crippen LogP contribution in [0.25, 0.3) is 0 Å².